The molecule has 0 radical (unpaired) electrons. The van der Waals surface area contributed by atoms with Gasteiger partial charge in [-0.25, -0.2) is 0 Å². The SMILES string of the molecule is Cc1c(-c2ccc(C#N)c(Cl)c2)nn(Cc2ccc(C#CC3CCC(CN4CCC(C)C4)CC3)cc2)c1C. The number of hydrogen-bond acceptors (Lipinski definition) is 3. The van der Waals surface area contributed by atoms with E-state index in [1.165, 1.54) is 57.3 Å². The summed E-state index contributed by atoms with van der Waals surface area (Å²) >= 11 is 6.27. The van der Waals surface area contributed by atoms with Crippen molar-refractivity contribution in [3.05, 3.63) is 75.4 Å². The molecular weight excluding hydrogens is 488 g/mol. The Bertz CT molecular complexity index is 1380. The van der Waals surface area contributed by atoms with Crippen LogP contribution in [0.15, 0.2) is 42.5 Å². The summed E-state index contributed by atoms with van der Waals surface area (Å²) in [6.45, 7) is 11.1. The molecule has 0 bridgehead atoms. The van der Waals surface area contributed by atoms with Crippen LogP contribution in [0.5, 0.6) is 0 Å². The van der Waals surface area contributed by atoms with Crippen LogP contribution in [0.3, 0.4) is 0 Å². The highest BCUT2D eigenvalue weighted by atomic mass is 35.5. The molecule has 38 heavy (non-hydrogen) atoms. The lowest BCUT2D eigenvalue weighted by Crippen LogP contribution is -2.29. The normalized spacial score (nSPS) is 21.6. The molecule has 196 valence electrons. The second-order valence-electron chi connectivity index (χ2n) is 11.4. The largest absolute Gasteiger partial charge is 0.303 e. The van der Waals surface area contributed by atoms with Gasteiger partial charge in [0.2, 0.25) is 0 Å². The minimum atomic E-state index is 0.457. The minimum absolute atomic E-state index is 0.457. The number of halogens is 1. The first kappa shape index (κ1) is 26.6. The van der Waals surface area contributed by atoms with Crippen molar-refractivity contribution in [3.8, 4) is 29.2 Å². The highest BCUT2D eigenvalue weighted by molar-refractivity contribution is 6.32. The van der Waals surface area contributed by atoms with Crippen LogP contribution in [-0.4, -0.2) is 34.3 Å². The number of nitriles is 1. The lowest BCUT2D eigenvalue weighted by molar-refractivity contribution is 0.216. The number of aromatic nitrogens is 2. The van der Waals surface area contributed by atoms with Gasteiger partial charge >= 0.3 is 0 Å². The van der Waals surface area contributed by atoms with Gasteiger partial charge in [-0.15, -0.1) is 0 Å². The molecule has 2 heterocycles. The first-order valence-corrected chi connectivity index (χ1v) is 14.3. The zero-order valence-corrected chi connectivity index (χ0v) is 23.6. The molecule has 1 unspecified atom stereocenters. The van der Waals surface area contributed by atoms with Crippen molar-refractivity contribution < 1.29 is 0 Å². The molecule has 3 aromatic rings. The van der Waals surface area contributed by atoms with Gasteiger partial charge in [0.25, 0.3) is 0 Å². The highest BCUT2D eigenvalue weighted by Crippen LogP contribution is 2.31. The van der Waals surface area contributed by atoms with Gasteiger partial charge in [0.05, 0.1) is 22.8 Å². The molecule has 4 nitrogen and oxygen atoms in total. The van der Waals surface area contributed by atoms with Crippen LogP contribution in [0.25, 0.3) is 11.3 Å². The maximum Gasteiger partial charge on any atom is 0.101 e. The molecule has 2 aliphatic rings. The highest BCUT2D eigenvalue weighted by Gasteiger charge is 2.25. The van der Waals surface area contributed by atoms with E-state index in [-0.39, 0.29) is 0 Å². The van der Waals surface area contributed by atoms with Crippen molar-refractivity contribution in [1.29, 1.82) is 5.26 Å². The van der Waals surface area contributed by atoms with Crippen LogP contribution in [0.2, 0.25) is 5.02 Å². The summed E-state index contributed by atoms with van der Waals surface area (Å²) < 4.78 is 2.04. The Kier molecular flexibility index (Phi) is 8.23. The van der Waals surface area contributed by atoms with E-state index in [9.17, 15) is 0 Å². The van der Waals surface area contributed by atoms with E-state index in [4.69, 9.17) is 22.0 Å². The summed E-state index contributed by atoms with van der Waals surface area (Å²) in [5.74, 6) is 9.28. The fourth-order valence-electron chi connectivity index (χ4n) is 5.92. The Morgan fingerprint density at radius 2 is 1.79 bits per heavy atom. The Morgan fingerprint density at radius 3 is 2.45 bits per heavy atom. The molecule has 1 saturated heterocycles. The van der Waals surface area contributed by atoms with Crippen molar-refractivity contribution in [2.75, 3.05) is 19.6 Å². The van der Waals surface area contributed by atoms with Crippen LogP contribution < -0.4 is 0 Å². The van der Waals surface area contributed by atoms with E-state index < -0.39 is 0 Å². The average Bonchev–Trinajstić information content (AvgIpc) is 3.46. The zero-order valence-electron chi connectivity index (χ0n) is 22.8. The lowest BCUT2D eigenvalue weighted by atomic mass is 9.82. The predicted octanol–water partition coefficient (Wildman–Crippen LogP) is 7.24. The Labute approximate surface area is 232 Å². The Morgan fingerprint density at radius 1 is 1.03 bits per heavy atom. The Hall–Kier alpha value is -3.05. The fourth-order valence-corrected chi connectivity index (χ4v) is 6.14. The van der Waals surface area contributed by atoms with E-state index in [2.05, 4.69) is 67.8 Å². The van der Waals surface area contributed by atoms with Crippen molar-refractivity contribution in [2.24, 2.45) is 17.8 Å². The third-order valence-electron chi connectivity index (χ3n) is 8.45. The van der Waals surface area contributed by atoms with Crippen molar-refractivity contribution in [2.45, 2.75) is 59.4 Å². The summed E-state index contributed by atoms with van der Waals surface area (Å²) in [4.78, 5) is 2.68. The molecule has 0 spiro atoms. The lowest BCUT2D eigenvalue weighted by Gasteiger charge is -2.29. The quantitative estimate of drug-likeness (QED) is 0.330. The number of nitrogens with zero attached hydrogens (tertiary/aromatic N) is 4. The van der Waals surface area contributed by atoms with E-state index >= 15 is 0 Å². The fraction of sp³-hybridized carbons (Fsp3) is 0.455. The van der Waals surface area contributed by atoms with Crippen LogP contribution >= 0.6 is 11.6 Å². The van der Waals surface area contributed by atoms with Gasteiger partial charge in [-0.2, -0.15) is 10.4 Å². The van der Waals surface area contributed by atoms with Gasteiger partial charge in [-0.05, 0) is 99.7 Å². The molecule has 1 atom stereocenters. The summed E-state index contributed by atoms with van der Waals surface area (Å²) in [5.41, 5.74) is 6.84. The molecule has 1 aromatic heterocycles. The molecule has 5 heteroatoms. The van der Waals surface area contributed by atoms with Gasteiger partial charge in [-0.3, -0.25) is 4.68 Å². The van der Waals surface area contributed by atoms with E-state index in [1.54, 1.807) is 6.07 Å². The van der Waals surface area contributed by atoms with Crippen molar-refractivity contribution in [3.63, 3.8) is 0 Å². The number of likely N-dealkylation sites (tertiary alicyclic amines) is 1. The first-order valence-electron chi connectivity index (χ1n) is 14.0. The van der Waals surface area contributed by atoms with Crippen molar-refractivity contribution in [1.82, 2.24) is 14.7 Å². The minimum Gasteiger partial charge on any atom is -0.303 e. The third-order valence-corrected chi connectivity index (χ3v) is 8.76. The van der Waals surface area contributed by atoms with Crippen LogP contribution in [0.4, 0.5) is 0 Å². The Balaban J connectivity index is 1.18. The van der Waals surface area contributed by atoms with E-state index in [0.29, 0.717) is 23.0 Å². The maximum atomic E-state index is 9.16. The van der Waals surface area contributed by atoms with Gasteiger partial charge in [0, 0.05) is 35.8 Å². The smallest absolute Gasteiger partial charge is 0.101 e. The number of benzene rings is 2. The van der Waals surface area contributed by atoms with Crippen LogP contribution in [0.1, 0.15) is 67.0 Å². The van der Waals surface area contributed by atoms with Gasteiger partial charge in [0.15, 0.2) is 0 Å². The first-order chi connectivity index (χ1) is 18.4. The number of hydrogen-bond donors (Lipinski definition) is 0. The molecule has 0 N–H and O–H groups in total. The summed E-state index contributed by atoms with van der Waals surface area (Å²) in [5, 5.41) is 14.5. The second-order valence-corrected chi connectivity index (χ2v) is 11.8. The summed E-state index contributed by atoms with van der Waals surface area (Å²) in [6.07, 6.45) is 6.49. The zero-order chi connectivity index (χ0) is 26.6. The predicted molar refractivity (Wildman–Crippen MR) is 155 cm³/mol. The molecular formula is C33H37ClN4. The third kappa shape index (κ3) is 6.15. The molecule has 1 saturated carbocycles. The number of rotatable bonds is 5. The maximum absolute atomic E-state index is 9.16. The van der Waals surface area contributed by atoms with Crippen LogP contribution in [0, 0.1) is 54.8 Å². The average molecular weight is 525 g/mol. The summed E-state index contributed by atoms with van der Waals surface area (Å²) in [7, 11) is 0. The molecule has 2 aromatic carbocycles. The molecule has 1 aliphatic carbocycles. The monoisotopic (exact) mass is 524 g/mol. The van der Waals surface area contributed by atoms with Gasteiger partial charge in [0.1, 0.15) is 6.07 Å². The van der Waals surface area contributed by atoms with E-state index in [1.807, 2.05) is 16.8 Å². The van der Waals surface area contributed by atoms with Crippen LogP contribution in [-0.2, 0) is 6.54 Å². The molecule has 0 amide bonds. The molecule has 1 aliphatic heterocycles. The van der Waals surface area contributed by atoms with Gasteiger partial charge < -0.3 is 4.90 Å². The standard InChI is InChI=1S/C33H37ClN4/c1-23-16-17-37(20-23)21-28-10-6-26(7-11-28)4-5-27-8-12-29(13-9-27)22-38-25(3)24(2)33(36-38)30-14-15-31(19-35)32(34)18-30/h8-9,12-15,18,23,26,28H,6-7,10-11,16-17,20-22H2,1-3H3. The second kappa shape index (κ2) is 11.8. The summed E-state index contributed by atoms with van der Waals surface area (Å²) in [6, 6.07) is 16.2. The van der Waals surface area contributed by atoms with E-state index in [0.717, 1.165) is 39.9 Å². The topological polar surface area (TPSA) is 44.9 Å². The molecule has 2 fully saturated rings. The van der Waals surface area contributed by atoms with Crippen molar-refractivity contribution >= 4 is 11.6 Å². The molecule has 5 rings (SSSR count). The van der Waals surface area contributed by atoms with Gasteiger partial charge in [-0.1, -0.05) is 48.6 Å².